The van der Waals surface area contributed by atoms with Crippen molar-refractivity contribution in [2.45, 2.75) is 44.2 Å². The van der Waals surface area contributed by atoms with Gasteiger partial charge in [-0.25, -0.2) is 0 Å². The maximum Gasteiger partial charge on any atom is 0.250 e. The summed E-state index contributed by atoms with van der Waals surface area (Å²) in [6, 6.07) is 7.99. The number of carbonyl (C=O) groups is 2. The van der Waals surface area contributed by atoms with Gasteiger partial charge in [0.2, 0.25) is 5.91 Å². The van der Waals surface area contributed by atoms with Crippen LogP contribution in [0.5, 0.6) is 0 Å². The Balaban J connectivity index is 1.68. The summed E-state index contributed by atoms with van der Waals surface area (Å²) in [6.45, 7) is 5.17. The number of piperazine rings is 1. The minimum absolute atomic E-state index is 0.0228. The van der Waals surface area contributed by atoms with Crippen LogP contribution in [0.2, 0.25) is 0 Å². The fraction of sp³-hybridized carbons (Fsp3) is 0.579. The highest BCUT2D eigenvalue weighted by Crippen LogP contribution is 2.45. The molecule has 1 saturated heterocycles. The van der Waals surface area contributed by atoms with E-state index in [0.717, 1.165) is 56.7 Å². The monoisotopic (exact) mass is 342 g/mol. The van der Waals surface area contributed by atoms with E-state index in [1.54, 1.807) is 0 Å². The third-order valence-corrected chi connectivity index (χ3v) is 5.90. The van der Waals surface area contributed by atoms with Crippen molar-refractivity contribution < 1.29 is 9.59 Å². The zero-order valence-electron chi connectivity index (χ0n) is 14.8. The predicted molar refractivity (Wildman–Crippen MR) is 97.7 cm³/mol. The van der Waals surface area contributed by atoms with Crippen molar-refractivity contribution in [3.8, 4) is 0 Å². The molecule has 1 saturated carbocycles. The lowest BCUT2D eigenvalue weighted by molar-refractivity contribution is -0.128. The minimum atomic E-state index is -0.706. The number of nitrogens with zero attached hydrogens (tertiary/aromatic N) is 2. The van der Waals surface area contributed by atoms with E-state index in [2.05, 4.69) is 22.5 Å². The van der Waals surface area contributed by atoms with Gasteiger partial charge >= 0.3 is 0 Å². The van der Waals surface area contributed by atoms with Crippen LogP contribution >= 0.6 is 0 Å². The molecule has 0 unspecified atom stereocenters. The van der Waals surface area contributed by atoms with Gasteiger partial charge in [0.15, 0.2) is 0 Å². The maximum absolute atomic E-state index is 13.4. The second-order valence-electron chi connectivity index (χ2n) is 7.46. The molecule has 25 heavy (non-hydrogen) atoms. The van der Waals surface area contributed by atoms with Crippen molar-refractivity contribution in [2.24, 2.45) is 0 Å². The Morgan fingerprint density at radius 1 is 1.28 bits per heavy atom. The Hall–Kier alpha value is -1.92. The van der Waals surface area contributed by atoms with Gasteiger partial charge in [-0.1, -0.05) is 25.0 Å². The van der Waals surface area contributed by atoms with Gasteiger partial charge in [0.25, 0.3) is 5.91 Å². The van der Waals surface area contributed by atoms with Crippen LogP contribution in [0.15, 0.2) is 24.3 Å². The van der Waals surface area contributed by atoms with Gasteiger partial charge in [-0.05, 0) is 31.9 Å². The van der Waals surface area contributed by atoms with E-state index in [0.29, 0.717) is 12.6 Å². The molecule has 0 radical (unpaired) electrons. The second-order valence-corrected chi connectivity index (χ2v) is 7.46. The van der Waals surface area contributed by atoms with Gasteiger partial charge in [0, 0.05) is 25.7 Å². The largest absolute Gasteiger partial charge is 0.322 e. The lowest BCUT2D eigenvalue weighted by Gasteiger charge is -2.45. The maximum atomic E-state index is 13.4. The fourth-order valence-corrected chi connectivity index (χ4v) is 4.49. The van der Waals surface area contributed by atoms with Gasteiger partial charge in [-0.15, -0.1) is 0 Å². The summed E-state index contributed by atoms with van der Waals surface area (Å²) < 4.78 is 0. The molecule has 0 bridgehead atoms. The van der Waals surface area contributed by atoms with Crippen LogP contribution in [-0.2, 0) is 9.59 Å². The van der Waals surface area contributed by atoms with Crippen LogP contribution in [-0.4, -0.2) is 54.5 Å². The van der Waals surface area contributed by atoms with Gasteiger partial charge in [-0.3, -0.25) is 19.4 Å². The standard InChI is InChI=1S/C19H26N4O2/c1-14-12-20-10-11-22(14)13-17(24)23-16-7-3-2-6-15(16)21-18(25)19(23)8-4-5-9-19/h2-3,6-7,14,20H,4-5,8-13H2,1H3,(H,21,25)/t14-/m1/s1. The molecule has 1 aromatic carbocycles. The van der Waals surface area contributed by atoms with Gasteiger partial charge in [-0.2, -0.15) is 0 Å². The number of anilines is 2. The summed E-state index contributed by atoms with van der Waals surface area (Å²) >= 11 is 0. The molecule has 3 aliphatic rings. The number of fused-ring (bicyclic) bond motifs is 1. The number of carbonyl (C=O) groups excluding carboxylic acids is 2. The highest BCUT2D eigenvalue weighted by molar-refractivity contribution is 6.15. The molecule has 1 aliphatic carbocycles. The quantitative estimate of drug-likeness (QED) is 0.856. The predicted octanol–water partition coefficient (Wildman–Crippen LogP) is 1.58. The van der Waals surface area contributed by atoms with Crippen molar-refractivity contribution in [3.05, 3.63) is 24.3 Å². The molecule has 4 rings (SSSR count). The average Bonchev–Trinajstić information content (AvgIpc) is 3.08. The average molecular weight is 342 g/mol. The van der Waals surface area contributed by atoms with Crippen molar-refractivity contribution >= 4 is 23.2 Å². The Labute approximate surface area is 148 Å². The summed E-state index contributed by atoms with van der Waals surface area (Å²) in [5, 5.41) is 6.39. The lowest BCUT2D eigenvalue weighted by Crippen LogP contribution is -2.63. The summed E-state index contributed by atoms with van der Waals surface area (Å²) in [5.74, 6) is 0.0170. The molecule has 1 spiro atoms. The molecule has 2 fully saturated rings. The molecule has 6 nitrogen and oxygen atoms in total. The van der Waals surface area contributed by atoms with Crippen molar-refractivity contribution in [1.29, 1.82) is 0 Å². The summed E-state index contributed by atoms with van der Waals surface area (Å²) in [4.78, 5) is 30.3. The van der Waals surface area contributed by atoms with Crippen LogP contribution in [0.25, 0.3) is 0 Å². The van der Waals surface area contributed by atoms with Crippen molar-refractivity contribution in [2.75, 3.05) is 36.4 Å². The highest BCUT2D eigenvalue weighted by Gasteiger charge is 2.52. The first-order valence-corrected chi connectivity index (χ1v) is 9.30. The lowest BCUT2D eigenvalue weighted by atomic mass is 9.89. The smallest absolute Gasteiger partial charge is 0.250 e. The van der Waals surface area contributed by atoms with Gasteiger partial charge < -0.3 is 10.6 Å². The Morgan fingerprint density at radius 3 is 2.80 bits per heavy atom. The van der Waals surface area contributed by atoms with E-state index in [9.17, 15) is 9.59 Å². The topological polar surface area (TPSA) is 64.7 Å². The molecule has 0 aromatic heterocycles. The summed E-state index contributed by atoms with van der Waals surface area (Å²) in [5.41, 5.74) is 0.881. The van der Waals surface area contributed by atoms with Crippen LogP contribution < -0.4 is 15.5 Å². The molecular formula is C19H26N4O2. The van der Waals surface area contributed by atoms with Crippen LogP contribution in [0, 0.1) is 0 Å². The van der Waals surface area contributed by atoms with Crippen molar-refractivity contribution in [1.82, 2.24) is 10.2 Å². The summed E-state index contributed by atoms with van der Waals surface area (Å²) in [7, 11) is 0. The third kappa shape index (κ3) is 2.73. The molecule has 1 aromatic rings. The molecule has 6 heteroatoms. The number of nitrogens with one attached hydrogen (secondary N) is 2. The third-order valence-electron chi connectivity index (χ3n) is 5.90. The van der Waals surface area contributed by atoms with E-state index < -0.39 is 5.54 Å². The number of rotatable bonds is 2. The second kappa shape index (κ2) is 6.42. The molecule has 2 aliphatic heterocycles. The van der Waals surface area contributed by atoms with Crippen molar-refractivity contribution in [3.63, 3.8) is 0 Å². The minimum Gasteiger partial charge on any atom is -0.322 e. The molecule has 2 amide bonds. The van der Waals surface area contributed by atoms with E-state index >= 15 is 0 Å². The van der Waals surface area contributed by atoms with E-state index in [4.69, 9.17) is 0 Å². The highest BCUT2D eigenvalue weighted by atomic mass is 16.2. The van der Waals surface area contributed by atoms with E-state index in [-0.39, 0.29) is 11.8 Å². The van der Waals surface area contributed by atoms with E-state index in [1.165, 1.54) is 0 Å². The zero-order valence-corrected chi connectivity index (χ0v) is 14.8. The van der Waals surface area contributed by atoms with E-state index in [1.807, 2.05) is 29.2 Å². The first kappa shape index (κ1) is 16.5. The molecule has 2 heterocycles. The Bertz CT molecular complexity index is 684. The summed E-state index contributed by atoms with van der Waals surface area (Å²) in [6.07, 6.45) is 3.47. The number of amides is 2. The number of hydrogen-bond acceptors (Lipinski definition) is 4. The Morgan fingerprint density at radius 2 is 2.04 bits per heavy atom. The van der Waals surface area contributed by atoms with Crippen LogP contribution in [0.1, 0.15) is 32.6 Å². The first-order valence-electron chi connectivity index (χ1n) is 9.30. The number of hydrogen-bond donors (Lipinski definition) is 2. The normalized spacial score (nSPS) is 25.7. The number of benzene rings is 1. The van der Waals surface area contributed by atoms with Gasteiger partial charge in [0.1, 0.15) is 5.54 Å². The van der Waals surface area contributed by atoms with Crippen LogP contribution in [0.3, 0.4) is 0 Å². The molecular weight excluding hydrogens is 316 g/mol. The van der Waals surface area contributed by atoms with Crippen LogP contribution in [0.4, 0.5) is 11.4 Å². The zero-order chi connectivity index (χ0) is 17.4. The molecule has 1 atom stereocenters. The molecule has 2 N–H and O–H groups in total. The first-order chi connectivity index (χ1) is 12.1. The number of para-hydroxylation sites is 2. The Kier molecular flexibility index (Phi) is 4.25. The SMILES string of the molecule is C[C@@H]1CNCCN1CC(=O)N1c2ccccc2NC(=O)C12CCCC2. The fourth-order valence-electron chi connectivity index (χ4n) is 4.49. The van der Waals surface area contributed by atoms with Gasteiger partial charge in [0.05, 0.1) is 17.9 Å². The molecule has 134 valence electrons.